The molecular weight excluding hydrogens is 283 g/mol. The summed E-state index contributed by atoms with van der Waals surface area (Å²) in [5, 5.41) is 0. The monoisotopic (exact) mass is 284 g/mol. The zero-order chi connectivity index (χ0) is 9.00. The third-order valence-corrected chi connectivity index (χ3v) is 0. The van der Waals surface area contributed by atoms with Gasteiger partial charge in [0.2, 0.25) is 0 Å². The van der Waals surface area contributed by atoms with Gasteiger partial charge in [0.25, 0.3) is 0 Å². The quantitative estimate of drug-likeness (QED) is 0.339. The van der Waals surface area contributed by atoms with Crippen molar-refractivity contribution in [1.29, 1.82) is 0 Å². The second-order valence-electron chi connectivity index (χ2n) is 0.847. The summed E-state index contributed by atoms with van der Waals surface area (Å²) in [5.74, 6) is 0. The molecule has 0 saturated carbocycles. The SMILES string of the molecule is O=P([O-])([O-])O.[Na+].[Na+].[Na+].[O]=[Mn](=[O])(=[O])[O-]. The molecule has 0 saturated heterocycles. The van der Waals surface area contributed by atoms with E-state index in [4.69, 9.17) is 34.9 Å². The zero-order valence-electron chi connectivity index (χ0n) is 7.13. The number of hydrogen-bond acceptors (Lipinski definition) is 7. The van der Waals surface area contributed by atoms with Gasteiger partial charge < -0.3 is 19.2 Å². The first-order valence-electron chi connectivity index (χ1n) is 1.36. The van der Waals surface area contributed by atoms with Crippen molar-refractivity contribution < 1.29 is 137 Å². The van der Waals surface area contributed by atoms with Crippen molar-refractivity contribution in [1.82, 2.24) is 0 Å². The van der Waals surface area contributed by atoms with Crippen molar-refractivity contribution in [2.24, 2.45) is 0 Å². The second-order valence-corrected chi connectivity index (χ2v) is 2.96. The summed E-state index contributed by atoms with van der Waals surface area (Å²) < 4.78 is 43.0. The summed E-state index contributed by atoms with van der Waals surface area (Å²) >= 11 is -5.62. The van der Waals surface area contributed by atoms with Gasteiger partial charge in [-0.15, -0.1) is 0 Å². The van der Waals surface area contributed by atoms with E-state index in [0.29, 0.717) is 0 Å². The Morgan fingerprint density at radius 1 is 1.00 bits per heavy atom. The molecule has 64 valence electrons. The third kappa shape index (κ3) is 283. The molecule has 0 rings (SSSR count). The van der Waals surface area contributed by atoms with E-state index in [1.165, 1.54) is 0 Å². The molecule has 0 aromatic heterocycles. The molecule has 0 aromatic carbocycles. The maximum atomic E-state index is 8.66. The van der Waals surface area contributed by atoms with Crippen LogP contribution in [-0.4, -0.2) is 4.89 Å². The summed E-state index contributed by atoms with van der Waals surface area (Å²) in [4.78, 5) is 24.3. The van der Waals surface area contributed by atoms with Crippen molar-refractivity contribution in [3.8, 4) is 0 Å². The van der Waals surface area contributed by atoms with Crippen molar-refractivity contribution in [3.63, 3.8) is 0 Å². The van der Waals surface area contributed by atoms with Crippen LogP contribution in [0.15, 0.2) is 0 Å². The Morgan fingerprint density at radius 2 is 1.00 bits per heavy atom. The van der Waals surface area contributed by atoms with E-state index >= 15 is 0 Å². The molecule has 0 heterocycles. The first kappa shape index (κ1) is 29.7. The Bertz CT molecular complexity index is 243. The number of rotatable bonds is 0. The molecule has 0 spiro atoms. The Hall–Kier alpha value is 2.99. The van der Waals surface area contributed by atoms with Gasteiger partial charge in [-0.2, -0.15) is 0 Å². The summed E-state index contributed by atoms with van der Waals surface area (Å²) in [6, 6.07) is 0. The first-order chi connectivity index (χ1) is 4.00. The molecule has 13 heteroatoms. The predicted octanol–water partition coefficient (Wildman–Crippen LogP) is -12.7. The summed E-state index contributed by atoms with van der Waals surface area (Å²) in [5.41, 5.74) is 0. The van der Waals surface area contributed by atoms with E-state index in [1.807, 2.05) is 0 Å². The van der Waals surface area contributed by atoms with Gasteiger partial charge in [-0.1, -0.05) is 0 Å². The molecule has 0 aliphatic carbocycles. The van der Waals surface area contributed by atoms with E-state index in [9.17, 15) is 0 Å². The Kier molecular flexibility index (Phi) is 29.9. The van der Waals surface area contributed by atoms with Crippen LogP contribution >= 0.6 is 7.82 Å². The molecule has 0 fully saturated rings. The van der Waals surface area contributed by atoms with Crippen LogP contribution < -0.4 is 103 Å². The molecule has 0 radical (unpaired) electrons. The normalized spacial score (nSPS) is 8.92. The standard InChI is InChI=1S/Mn.3Na.H3O4P.4O/c;;;;1-5(2,3)4;;;;/h;;;;(H3,1,2,3,4);;;;/q;3*+1;;;;;-1/p-2. The molecule has 0 atom stereocenters. The van der Waals surface area contributed by atoms with E-state index in [0.717, 1.165) is 0 Å². The van der Waals surface area contributed by atoms with Gasteiger partial charge in [0.05, 0.1) is 7.82 Å². The van der Waals surface area contributed by atoms with Crippen molar-refractivity contribution in [2.75, 3.05) is 0 Å². The van der Waals surface area contributed by atoms with E-state index in [2.05, 4.69) is 0 Å². The van der Waals surface area contributed by atoms with Gasteiger partial charge >= 0.3 is 117 Å². The van der Waals surface area contributed by atoms with Gasteiger partial charge in [-0.25, -0.2) is 0 Å². The molecule has 0 aromatic rings. The molecular formula is HMnNa3O8P. The minimum absolute atomic E-state index is 0. The molecule has 1 N–H and O–H groups in total. The fourth-order valence-electron chi connectivity index (χ4n) is 0. The fourth-order valence-corrected chi connectivity index (χ4v) is 0. The van der Waals surface area contributed by atoms with Crippen molar-refractivity contribution in [3.05, 3.63) is 0 Å². The van der Waals surface area contributed by atoms with E-state index < -0.39 is 20.8 Å². The summed E-state index contributed by atoms with van der Waals surface area (Å²) in [6.07, 6.45) is 0. The third-order valence-electron chi connectivity index (χ3n) is 0. The zero-order valence-corrected chi connectivity index (χ0v) is 15.2. The Morgan fingerprint density at radius 3 is 1.00 bits per heavy atom. The average Bonchev–Trinajstić information content (AvgIpc) is 1.12. The van der Waals surface area contributed by atoms with Crippen LogP contribution in [0.3, 0.4) is 0 Å². The molecule has 0 unspecified atom stereocenters. The van der Waals surface area contributed by atoms with Crippen LogP contribution in [0.4, 0.5) is 0 Å². The van der Waals surface area contributed by atoms with Gasteiger partial charge in [-0.3, -0.25) is 0 Å². The fraction of sp³-hybridized carbons (Fsp3) is 0. The van der Waals surface area contributed by atoms with Gasteiger partial charge in [0.1, 0.15) is 0 Å². The molecule has 8 nitrogen and oxygen atoms in total. The number of phosphoric acid groups is 1. The Labute approximate surface area is 142 Å². The second kappa shape index (κ2) is 13.1. The molecule has 13 heavy (non-hydrogen) atoms. The predicted molar refractivity (Wildman–Crippen MR) is 11.9 cm³/mol. The molecule has 0 amide bonds. The van der Waals surface area contributed by atoms with E-state index in [-0.39, 0.29) is 88.7 Å². The summed E-state index contributed by atoms with van der Waals surface area (Å²) in [7, 11) is -5.14. The van der Waals surface area contributed by atoms with Gasteiger partial charge in [0, 0.05) is 0 Å². The summed E-state index contributed by atoms with van der Waals surface area (Å²) in [6.45, 7) is 0. The molecule has 0 aliphatic heterocycles. The molecule has 0 aliphatic rings. The molecule has 0 bridgehead atoms. The van der Waals surface area contributed by atoms with Gasteiger partial charge in [-0.05, 0) is 0 Å². The number of hydrogen-bond donors (Lipinski definition) is 1. The Balaban J connectivity index is -0.0000000267. The minimum atomic E-state index is -5.62. The maximum absolute atomic E-state index is 8.66. The van der Waals surface area contributed by atoms with Crippen LogP contribution in [-0.2, 0) is 29.0 Å². The van der Waals surface area contributed by atoms with Gasteiger partial charge in [0.15, 0.2) is 0 Å². The van der Waals surface area contributed by atoms with E-state index in [1.54, 1.807) is 0 Å². The van der Waals surface area contributed by atoms with Crippen LogP contribution in [0, 0.1) is 0 Å². The average molecular weight is 284 g/mol. The van der Waals surface area contributed by atoms with Crippen LogP contribution in [0.1, 0.15) is 0 Å². The van der Waals surface area contributed by atoms with Crippen molar-refractivity contribution in [2.45, 2.75) is 0 Å². The topological polar surface area (TPSA) is 158 Å². The van der Waals surface area contributed by atoms with Crippen LogP contribution in [0.5, 0.6) is 0 Å². The van der Waals surface area contributed by atoms with Crippen molar-refractivity contribution >= 4 is 7.82 Å². The van der Waals surface area contributed by atoms with Crippen LogP contribution in [0.2, 0.25) is 0 Å². The van der Waals surface area contributed by atoms with Crippen LogP contribution in [0.25, 0.3) is 0 Å². The first-order valence-corrected chi connectivity index (χ1v) is 4.79.